The Balaban J connectivity index is 2.20. The number of sulfonamides is 1. The second-order valence-electron chi connectivity index (χ2n) is 4.47. The number of nitrogens with two attached hydrogens (primary N) is 1. The van der Waals surface area contributed by atoms with E-state index in [1.54, 1.807) is 49.8 Å². The molecule has 0 saturated heterocycles. The topological polar surface area (TPSA) is 76.3 Å². The second kappa shape index (κ2) is 6.13. The standard InChI is InChI=1S/C14H17N3O2S/c1-17(11-13-3-2-8-16-10-13)20(18,19)14-6-4-12(9-15)5-7-14/h2-8,10H,9,11,15H2,1H3. The van der Waals surface area contributed by atoms with Crippen LogP contribution in [-0.4, -0.2) is 24.8 Å². The number of pyridine rings is 1. The SMILES string of the molecule is CN(Cc1cccnc1)S(=O)(=O)c1ccc(CN)cc1. The highest BCUT2D eigenvalue weighted by Crippen LogP contribution is 2.17. The normalized spacial score (nSPS) is 11.8. The largest absolute Gasteiger partial charge is 0.326 e. The summed E-state index contributed by atoms with van der Waals surface area (Å²) in [6.45, 7) is 0.681. The summed E-state index contributed by atoms with van der Waals surface area (Å²) in [4.78, 5) is 4.24. The van der Waals surface area contributed by atoms with Gasteiger partial charge < -0.3 is 5.73 Å². The zero-order valence-corrected chi connectivity index (χ0v) is 12.0. The van der Waals surface area contributed by atoms with Crippen LogP contribution in [-0.2, 0) is 23.1 Å². The molecule has 0 fully saturated rings. The molecular weight excluding hydrogens is 274 g/mol. The molecule has 1 aromatic heterocycles. The lowest BCUT2D eigenvalue weighted by molar-refractivity contribution is 0.466. The maximum Gasteiger partial charge on any atom is 0.243 e. The van der Waals surface area contributed by atoms with Gasteiger partial charge in [0.2, 0.25) is 10.0 Å². The molecule has 2 rings (SSSR count). The summed E-state index contributed by atoms with van der Waals surface area (Å²) < 4.78 is 26.1. The first-order valence-electron chi connectivity index (χ1n) is 6.18. The highest BCUT2D eigenvalue weighted by molar-refractivity contribution is 7.89. The van der Waals surface area contributed by atoms with Gasteiger partial charge in [-0.1, -0.05) is 18.2 Å². The Labute approximate surface area is 119 Å². The molecule has 0 aliphatic carbocycles. The molecule has 5 nitrogen and oxygen atoms in total. The van der Waals surface area contributed by atoms with Crippen LogP contribution in [0.3, 0.4) is 0 Å². The molecule has 0 saturated carbocycles. The second-order valence-corrected chi connectivity index (χ2v) is 6.52. The Morgan fingerprint density at radius 3 is 2.40 bits per heavy atom. The Bertz CT molecular complexity index is 655. The summed E-state index contributed by atoms with van der Waals surface area (Å²) in [5, 5.41) is 0. The molecule has 0 atom stereocenters. The molecule has 0 aliphatic heterocycles. The Hall–Kier alpha value is -1.76. The van der Waals surface area contributed by atoms with Gasteiger partial charge in [0.15, 0.2) is 0 Å². The number of benzene rings is 1. The van der Waals surface area contributed by atoms with Crippen molar-refractivity contribution in [3.63, 3.8) is 0 Å². The smallest absolute Gasteiger partial charge is 0.243 e. The maximum absolute atomic E-state index is 12.4. The van der Waals surface area contributed by atoms with Crippen molar-refractivity contribution < 1.29 is 8.42 Å². The summed E-state index contributed by atoms with van der Waals surface area (Å²) >= 11 is 0. The van der Waals surface area contributed by atoms with Crippen molar-refractivity contribution in [2.45, 2.75) is 18.0 Å². The fourth-order valence-corrected chi connectivity index (χ4v) is 2.97. The third-order valence-electron chi connectivity index (χ3n) is 3.00. The lowest BCUT2D eigenvalue weighted by Gasteiger charge is -2.17. The van der Waals surface area contributed by atoms with Crippen molar-refractivity contribution in [1.29, 1.82) is 0 Å². The van der Waals surface area contributed by atoms with E-state index in [1.807, 2.05) is 6.07 Å². The number of aromatic nitrogens is 1. The Morgan fingerprint density at radius 1 is 1.15 bits per heavy atom. The van der Waals surface area contributed by atoms with E-state index in [2.05, 4.69) is 4.98 Å². The van der Waals surface area contributed by atoms with E-state index in [0.29, 0.717) is 6.54 Å². The van der Waals surface area contributed by atoms with Crippen LogP contribution in [0, 0.1) is 0 Å². The fraction of sp³-hybridized carbons (Fsp3) is 0.214. The average molecular weight is 291 g/mol. The van der Waals surface area contributed by atoms with E-state index in [-0.39, 0.29) is 11.4 Å². The van der Waals surface area contributed by atoms with Gasteiger partial charge in [0.1, 0.15) is 0 Å². The summed E-state index contributed by atoms with van der Waals surface area (Å²) in [5.74, 6) is 0. The monoisotopic (exact) mass is 291 g/mol. The van der Waals surface area contributed by atoms with Gasteiger partial charge in [0, 0.05) is 32.5 Å². The van der Waals surface area contributed by atoms with Gasteiger partial charge >= 0.3 is 0 Å². The minimum Gasteiger partial charge on any atom is -0.326 e. The molecule has 0 amide bonds. The lowest BCUT2D eigenvalue weighted by Crippen LogP contribution is -2.26. The molecular formula is C14H17N3O2S. The van der Waals surface area contributed by atoms with Crippen LogP contribution in [0.4, 0.5) is 0 Å². The number of rotatable bonds is 5. The zero-order valence-electron chi connectivity index (χ0n) is 11.2. The van der Waals surface area contributed by atoms with E-state index in [4.69, 9.17) is 5.73 Å². The molecule has 0 radical (unpaired) electrons. The molecule has 2 aromatic rings. The summed E-state index contributed by atoms with van der Waals surface area (Å²) in [7, 11) is -1.94. The van der Waals surface area contributed by atoms with Gasteiger partial charge in [0.25, 0.3) is 0 Å². The summed E-state index contributed by atoms with van der Waals surface area (Å²) in [5.41, 5.74) is 7.25. The first kappa shape index (κ1) is 14.6. The first-order valence-corrected chi connectivity index (χ1v) is 7.62. The van der Waals surface area contributed by atoms with Crippen molar-refractivity contribution in [3.05, 3.63) is 59.9 Å². The van der Waals surface area contributed by atoms with Gasteiger partial charge in [-0.2, -0.15) is 4.31 Å². The third kappa shape index (κ3) is 3.22. The minimum absolute atomic E-state index is 0.265. The van der Waals surface area contributed by atoms with Gasteiger partial charge in [-0.3, -0.25) is 4.98 Å². The molecule has 20 heavy (non-hydrogen) atoms. The van der Waals surface area contributed by atoms with Crippen molar-refractivity contribution in [2.24, 2.45) is 5.73 Å². The molecule has 0 unspecified atom stereocenters. The lowest BCUT2D eigenvalue weighted by atomic mass is 10.2. The first-order chi connectivity index (χ1) is 9.54. The van der Waals surface area contributed by atoms with Crippen molar-refractivity contribution in [1.82, 2.24) is 9.29 Å². The van der Waals surface area contributed by atoms with Gasteiger partial charge in [-0.05, 0) is 29.3 Å². The predicted octanol–water partition coefficient (Wildman–Crippen LogP) is 1.36. The van der Waals surface area contributed by atoms with Crippen molar-refractivity contribution in [2.75, 3.05) is 7.05 Å². The minimum atomic E-state index is -3.50. The summed E-state index contributed by atoms with van der Waals surface area (Å²) in [6, 6.07) is 10.2. The van der Waals surface area contributed by atoms with Crippen molar-refractivity contribution >= 4 is 10.0 Å². The fourth-order valence-electron chi connectivity index (χ4n) is 1.81. The van der Waals surface area contributed by atoms with Gasteiger partial charge in [-0.25, -0.2) is 8.42 Å². The Morgan fingerprint density at radius 2 is 1.85 bits per heavy atom. The van der Waals surface area contributed by atoms with Crippen LogP contribution in [0.15, 0.2) is 53.7 Å². The van der Waals surface area contributed by atoms with E-state index < -0.39 is 10.0 Å². The predicted molar refractivity (Wildman–Crippen MR) is 77.2 cm³/mol. The van der Waals surface area contributed by atoms with Crippen LogP contribution in [0.2, 0.25) is 0 Å². The Kier molecular flexibility index (Phi) is 4.49. The maximum atomic E-state index is 12.4. The molecule has 6 heteroatoms. The van der Waals surface area contributed by atoms with E-state index in [1.165, 1.54) is 4.31 Å². The van der Waals surface area contributed by atoms with Crippen LogP contribution in [0.1, 0.15) is 11.1 Å². The van der Waals surface area contributed by atoms with E-state index in [0.717, 1.165) is 11.1 Å². The molecule has 106 valence electrons. The van der Waals surface area contributed by atoms with E-state index >= 15 is 0 Å². The van der Waals surface area contributed by atoms with Crippen LogP contribution in [0.25, 0.3) is 0 Å². The highest BCUT2D eigenvalue weighted by atomic mass is 32.2. The molecule has 2 N–H and O–H groups in total. The number of nitrogens with zero attached hydrogens (tertiary/aromatic N) is 2. The molecule has 0 spiro atoms. The van der Waals surface area contributed by atoms with E-state index in [9.17, 15) is 8.42 Å². The van der Waals surface area contributed by atoms with Gasteiger partial charge in [0.05, 0.1) is 4.90 Å². The van der Waals surface area contributed by atoms with Crippen LogP contribution >= 0.6 is 0 Å². The van der Waals surface area contributed by atoms with Crippen LogP contribution < -0.4 is 5.73 Å². The number of hydrogen-bond acceptors (Lipinski definition) is 4. The highest BCUT2D eigenvalue weighted by Gasteiger charge is 2.20. The average Bonchev–Trinajstić information content (AvgIpc) is 2.48. The van der Waals surface area contributed by atoms with Crippen LogP contribution in [0.5, 0.6) is 0 Å². The molecule has 0 bridgehead atoms. The quantitative estimate of drug-likeness (QED) is 0.902. The van der Waals surface area contributed by atoms with Gasteiger partial charge in [-0.15, -0.1) is 0 Å². The number of hydrogen-bond donors (Lipinski definition) is 1. The third-order valence-corrected chi connectivity index (χ3v) is 4.81. The molecule has 1 aromatic carbocycles. The molecule has 1 heterocycles. The zero-order chi connectivity index (χ0) is 14.6. The summed E-state index contributed by atoms with van der Waals surface area (Å²) in [6.07, 6.45) is 3.31. The molecule has 0 aliphatic rings. The van der Waals surface area contributed by atoms with Crippen molar-refractivity contribution in [3.8, 4) is 0 Å².